The monoisotopic (exact) mass is 283 g/mol. The highest BCUT2D eigenvalue weighted by Crippen LogP contribution is 2.33. The van der Waals surface area contributed by atoms with Gasteiger partial charge in [-0.15, -0.1) is 0 Å². The summed E-state index contributed by atoms with van der Waals surface area (Å²) in [6.07, 6.45) is 3.02. The van der Waals surface area contributed by atoms with Gasteiger partial charge in [-0.1, -0.05) is 30.5 Å². The molecule has 0 saturated heterocycles. The summed E-state index contributed by atoms with van der Waals surface area (Å²) in [6, 6.07) is 8.40. The molecule has 1 fully saturated rings. The molecule has 2 atom stereocenters. The van der Waals surface area contributed by atoms with Crippen molar-refractivity contribution in [2.24, 2.45) is 5.92 Å². The van der Waals surface area contributed by atoms with Gasteiger partial charge in [0.1, 0.15) is 0 Å². The third-order valence-electron chi connectivity index (χ3n) is 3.39. The van der Waals surface area contributed by atoms with E-state index in [2.05, 4.69) is 6.07 Å². The first-order chi connectivity index (χ1) is 8.55. The summed E-state index contributed by atoms with van der Waals surface area (Å²) in [5, 5.41) is 8.90. The number of halogens is 1. The Labute approximate surface area is 112 Å². The van der Waals surface area contributed by atoms with Crippen LogP contribution in [0.3, 0.4) is 0 Å². The van der Waals surface area contributed by atoms with Crippen LogP contribution in [-0.4, -0.2) is 13.7 Å². The first-order valence-electron chi connectivity index (χ1n) is 5.95. The lowest BCUT2D eigenvalue weighted by molar-refractivity contribution is 0.418. The van der Waals surface area contributed by atoms with Gasteiger partial charge in [0, 0.05) is 5.02 Å². The molecule has 0 aromatic heterocycles. The standard InChI is InChI=1S/C13H14ClNO2S/c14-11-5-3-6-12(8-11)18(16,17)13-7-2-1-4-10(13)9-15/h3,5-6,8,10,13H,1-2,4,7H2. The zero-order valence-corrected chi connectivity index (χ0v) is 11.4. The molecule has 18 heavy (non-hydrogen) atoms. The van der Waals surface area contributed by atoms with Crippen molar-refractivity contribution in [3.8, 4) is 6.07 Å². The summed E-state index contributed by atoms with van der Waals surface area (Å²) in [4.78, 5) is 0.224. The van der Waals surface area contributed by atoms with Gasteiger partial charge >= 0.3 is 0 Å². The van der Waals surface area contributed by atoms with Gasteiger partial charge in [0.15, 0.2) is 9.84 Å². The Morgan fingerprint density at radius 3 is 2.67 bits per heavy atom. The van der Waals surface area contributed by atoms with Crippen LogP contribution in [0.25, 0.3) is 0 Å². The number of nitriles is 1. The van der Waals surface area contributed by atoms with E-state index in [0.717, 1.165) is 12.8 Å². The van der Waals surface area contributed by atoms with Gasteiger partial charge in [-0.25, -0.2) is 8.42 Å². The normalized spacial score (nSPS) is 24.4. The first kappa shape index (κ1) is 13.4. The van der Waals surface area contributed by atoms with E-state index in [1.807, 2.05) is 0 Å². The van der Waals surface area contributed by atoms with E-state index in [-0.39, 0.29) is 4.90 Å². The topological polar surface area (TPSA) is 57.9 Å². The van der Waals surface area contributed by atoms with Crippen LogP contribution in [-0.2, 0) is 9.84 Å². The molecule has 1 aromatic rings. The zero-order chi connectivity index (χ0) is 13.2. The highest BCUT2D eigenvalue weighted by Gasteiger charge is 2.36. The lowest BCUT2D eigenvalue weighted by Crippen LogP contribution is -2.32. The van der Waals surface area contributed by atoms with Crippen LogP contribution in [0.2, 0.25) is 5.02 Å². The Kier molecular flexibility index (Phi) is 3.94. The van der Waals surface area contributed by atoms with Crippen molar-refractivity contribution in [2.75, 3.05) is 0 Å². The summed E-state index contributed by atoms with van der Waals surface area (Å²) >= 11 is 5.83. The Bertz CT molecular complexity index is 577. The van der Waals surface area contributed by atoms with Crippen LogP contribution in [0, 0.1) is 17.2 Å². The molecule has 96 valence electrons. The van der Waals surface area contributed by atoms with Crippen molar-refractivity contribution in [1.29, 1.82) is 5.26 Å². The molecule has 0 bridgehead atoms. The second kappa shape index (κ2) is 5.29. The van der Waals surface area contributed by atoms with Crippen molar-refractivity contribution in [3.05, 3.63) is 29.3 Å². The van der Waals surface area contributed by atoms with E-state index in [1.165, 1.54) is 6.07 Å². The molecule has 3 nitrogen and oxygen atoms in total. The van der Waals surface area contributed by atoms with Gasteiger partial charge in [-0.3, -0.25) is 0 Å². The minimum absolute atomic E-state index is 0.224. The molecule has 1 aromatic carbocycles. The van der Waals surface area contributed by atoms with Crippen LogP contribution in [0.4, 0.5) is 0 Å². The first-order valence-corrected chi connectivity index (χ1v) is 7.87. The summed E-state index contributed by atoms with van der Waals surface area (Å²) in [6.45, 7) is 0. The molecule has 1 aliphatic rings. The van der Waals surface area contributed by atoms with Crippen molar-refractivity contribution in [2.45, 2.75) is 35.8 Å². The number of rotatable bonds is 2. The van der Waals surface area contributed by atoms with E-state index in [1.54, 1.807) is 18.2 Å². The highest BCUT2D eigenvalue weighted by molar-refractivity contribution is 7.92. The minimum Gasteiger partial charge on any atom is -0.223 e. The van der Waals surface area contributed by atoms with Crippen LogP contribution >= 0.6 is 11.6 Å². The maximum atomic E-state index is 12.5. The van der Waals surface area contributed by atoms with Crippen LogP contribution in [0.15, 0.2) is 29.2 Å². The molecule has 2 unspecified atom stereocenters. The fourth-order valence-electron chi connectivity index (χ4n) is 2.43. The van der Waals surface area contributed by atoms with Gasteiger partial charge in [0.25, 0.3) is 0 Å². The second-order valence-corrected chi connectivity index (χ2v) is 7.16. The molecule has 0 radical (unpaired) electrons. The average Bonchev–Trinajstić information content (AvgIpc) is 2.38. The zero-order valence-electron chi connectivity index (χ0n) is 9.84. The molecular formula is C13H14ClNO2S. The fourth-order valence-corrected chi connectivity index (χ4v) is 4.71. The number of benzene rings is 1. The average molecular weight is 284 g/mol. The van der Waals surface area contributed by atoms with Gasteiger partial charge < -0.3 is 0 Å². The van der Waals surface area contributed by atoms with Crippen LogP contribution in [0.5, 0.6) is 0 Å². The SMILES string of the molecule is N#CC1CCCCC1S(=O)(=O)c1cccc(Cl)c1. The summed E-state index contributed by atoms with van der Waals surface area (Å²) in [7, 11) is -3.45. The maximum Gasteiger partial charge on any atom is 0.182 e. The predicted molar refractivity (Wildman–Crippen MR) is 70.0 cm³/mol. The predicted octanol–water partition coefficient (Wildman–Crippen LogP) is 3.20. The molecule has 0 spiro atoms. The molecule has 5 heteroatoms. The number of hydrogen-bond donors (Lipinski definition) is 0. The summed E-state index contributed by atoms with van der Waals surface area (Å²) < 4.78 is 25.0. The molecule has 0 aliphatic heterocycles. The third-order valence-corrected chi connectivity index (χ3v) is 5.90. The van der Waals surface area contributed by atoms with Crippen molar-refractivity contribution in [3.63, 3.8) is 0 Å². The second-order valence-electron chi connectivity index (χ2n) is 4.56. The van der Waals surface area contributed by atoms with Crippen molar-refractivity contribution < 1.29 is 8.42 Å². The molecular weight excluding hydrogens is 270 g/mol. The molecule has 1 aliphatic carbocycles. The Morgan fingerprint density at radius 1 is 1.28 bits per heavy atom. The molecule has 0 heterocycles. The highest BCUT2D eigenvalue weighted by atomic mass is 35.5. The molecule has 0 N–H and O–H groups in total. The van der Waals surface area contributed by atoms with Crippen molar-refractivity contribution in [1.82, 2.24) is 0 Å². The molecule has 0 amide bonds. The van der Waals surface area contributed by atoms with E-state index >= 15 is 0 Å². The Balaban J connectivity index is 2.39. The smallest absolute Gasteiger partial charge is 0.182 e. The van der Waals surface area contributed by atoms with Gasteiger partial charge in [-0.2, -0.15) is 5.26 Å². The van der Waals surface area contributed by atoms with E-state index in [4.69, 9.17) is 16.9 Å². The quantitative estimate of drug-likeness (QED) is 0.837. The largest absolute Gasteiger partial charge is 0.223 e. The lowest BCUT2D eigenvalue weighted by atomic mass is 9.90. The fraction of sp³-hybridized carbons (Fsp3) is 0.462. The van der Waals surface area contributed by atoms with Crippen molar-refractivity contribution >= 4 is 21.4 Å². The summed E-state index contributed by atoms with van der Waals surface area (Å²) in [5.41, 5.74) is 0. The minimum atomic E-state index is -3.45. The van der Waals surface area contributed by atoms with Crippen LogP contribution < -0.4 is 0 Å². The number of nitrogens with zero attached hydrogens (tertiary/aromatic N) is 1. The van der Waals surface area contributed by atoms with Gasteiger partial charge in [0.2, 0.25) is 0 Å². The Morgan fingerprint density at radius 2 is 2.00 bits per heavy atom. The maximum absolute atomic E-state index is 12.5. The van der Waals surface area contributed by atoms with E-state index in [0.29, 0.717) is 17.9 Å². The number of sulfone groups is 1. The third kappa shape index (κ3) is 2.52. The number of hydrogen-bond acceptors (Lipinski definition) is 3. The van der Waals surface area contributed by atoms with E-state index < -0.39 is 21.0 Å². The Hall–Kier alpha value is -1.05. The van der Waals surface area contributed by atoms with Gasteiger partial charge in [-0.05, 0) is 31.0 Å². The molecule has 2 rings (SSSR count). The lowest BCUT2D eigenvalue weighted by Gasteiger charge is -2.26. The van der Waals surface area contributed by atoms with E-state index in [9.17, 15) is 8.42 Å². The van der Waals surface area contributed by atoms with Crippen LogP contribution in [0.1, 0.15) is 25.7 Å². The van der Waals surface area contributed by atoms with Gasteiger partial charge in [0.05, 0.1) is 22.1 Å². The molecule has 1 saturated carbocycles. The summed E-state index contributed by atoms with van der Waals surface area (Å²) in [5.74, 6) is -0.400.